The minimum absolute atomic E-state index is 0.0466. The molecule has 0 aliphatic heterocycles. The average molecular weight is 568 g/mol. The number of aromatic nitrogens is 2. The van der Waals surface area contributed by atoms with Gasteiger partial charge in [0.1, 0.15) is 11.5 Å². The van der Waals surface area contributed by atoms with Gasteiger partial charge in [0.05, 0.1) is 36.9 Å². The van der Waals surface area contributed by atoms with E-state index in [1.807, 2.05) is 30.3 Å². The summed E-state index contributed by atoms with van der Waals surface area (Å²) in [4.78, 5) is 32.8. The van der Waals surface area contributed by atoms with Crippen molar-refractivity contribution in [1.82, 2.24) is 9.55 Å². The third-order valence-electron chi connectivity index (χ3n) is 8.23. The average Bonchev–Trinajstić information content (AvgIpc) is 3.01. The molecule has 210 valence electrons. The van der Waals surface area contributed by atoms with E-state index in [4.69, 9.17) is 14.5 Å². The maximum Gasteiger partial charge on any atom is 0.263 e. The summed E-state index contributed by atoms with van der Waals surface area (Å²) in [7, 11) is 3.22. The van der Waals surface area contributed by atoms with Crippen molar-refractivity contribution in [3.05, 3.63) is 94.3 Å². The number of nitrogens with one attached hydrogen (secondary N) is 1. The maximum atomic E-state index is 14.6. The lowest BCUT2D eigenvalue weighted by Crippen LogP contribution is -2.43. The number of hydrogen-bond donors (Lipinski definition) is 1. The number of ether oxygens (including phenoxy) is 2. The molecule has 1 heterocycles. The quantitative estimate of drug-likeness (QED) is 0.205. The number of hydrogen-bond acceptors (Lipinski definition) is 6. The highest BCUT2D eigenvalue weighted by molar-refractivity contribution is 7.99. The fourth-order valence-electron chi connectivity index (χ4n) is 6.25. The van der Waals surface area contributed by atoms with Crippen molar-refractivity contribution in [2.75, 3.05) is 25.3 Å². The van der Waals surface area contributed by atoms with E-state index in [0.717, 1.165) is 54.7 Å². The Bertz CT molecular complexity index is 1620. The van der Waals surface area contributed by atoms with Gasteiger partial charge >= 0.3 is 0 Å². The number of rotatable bonds is 7. The fourth-order valence-corrected chi connectivity index (χ4v) is 7.05. The molecule has 7 nitrogen and oxygen atoms in total. The predicted molar refractivity (Wildman–Crippen MR) is 163 cm³/mol. The van der Waals surface area contributed by atoms with Gasteiger partial charge < -0.3 is 14.8 Å². The third-order valence-corrected chi connectivity index (χ3v) is 9.17. The zero-order chi connectivity index (χ0) is 28.4. The van der Waals surface area contributed by atoms with Gasteiger partial charge in [0.15, 0.2) is 5.16 Å². The van der Waals surface area contributed by atoms with Crippen LogP contribution in [0.3, 0.4) is 0 Å². The van der Waals surface area contributed by atoms with Gasteiger partial charge in [-0.05, 0) is 73.4 Å². The van der Waals surface area contributed by atoms with Crippen molar-refractivity contribution in [2.24, 2.45) is 0 Å². The summed E-state index contributed by atoms with van der Waals surface area (Å²) in [6.45, 7) is 0. The van der Waals surface area contributed by atoms with Gasteiger partial charge in [-0.15, -0.1) is 0 Å². The van der Waals surface area contributed by atoms with Gasteiger partial charge in [-0.2, -0.15) is 0 Å². The molecule has 2 aliphatic carbocycles. The van der Waals surface area contributed by atoms with E-state index in [1.54, 1.807) is 43.1 Å². The number of benzene rings is 3. The molecule has 0 saturated heterocycles. The van der Waals surface area contributed by atoms with Gasteiger partial charge in [-0.1, -0.05) is 55.3 Å². The molecule has 6 rings (SSSR count). The SMILES string of the molecule is COc1ccc(NC(=O)CSc2nc3c(c(=O)n2-c2ccc(OC)cc2)C2(CCCCC2)Cc2ccccc2-3)cc1. The molecule has 0 bridgehead atoms. The summed E-state index contributed by atoms with van der Waals surface area (Å²) in [5.41, 5.74) is 4.95. The van der Waals surface area contributed by atoms with Crippen LogP contribution in [0.5, 0.6) is 11.5 Å². The molecular formula is C33H33N3O4S. The molecule has 0 radical (unpaired) electrons. The molecule has 2 aliphatic rings. The van der Waals surface area contributed by atoms with Crippen LogP contribution in [0.25, 0.3) is 16.9 Å². The van der Waals surface area contributed by atoms with Crippen molar-refractivity contribution in [1.29, 1.82) is 0 Å². The second-order valence-electron chi connectivity index (χ2n) is 10.7. The molecule has 8 heteroatoms. The Hall–Kier alpha value is -4.04. The number of carbonyl (C=O) groups is 1. The van der Waals surface area contributed by atoms with Crippen LogP contribution in [0.15, 0.2) is 82.7 Å². The van der Waals surface area contributed by atoms with Gasteiger partial charge in [-0.25, -0.2) is 4.98 Å². The van der Waals surface area contributed by atoms with Gasteiger partial charge in [0.2, 0.25) is 5.91 Å². The highest BCUT2D eigenvalue weighted by Crippen LogP contribution is 2.49. The summed E-state index contributed by atoms with van der Waals surface area (Å²) in [5.74, 6) is 1.34. The number of thioether (sulfide) groups is 1. The van der Waals surface area contributed by atoms with E-state index in [9.17, 15) is 9.59 Å². The van der Waals surface area contributed by atoms with E-state index in [1.165, 1.54) is 23.7 Å². The highest BCUT2D eigenvalue weighted by atomic mass is 32.2. The molecular weight excluding hydrogens is 534 g/mol. The van der Waals surface area contributed by atoms with Gasteiger partial charge in [-0.3, -0.25) is 14.2 Å². The smallest absolute Gasteiger partial charge is 0.263 e. The summed E-state index contributed by atoms with van der Waals surface area (Å²) in [6, 6.07) is 22.9. The molecule has 3 aromatic carbocycles. The molecule has 0 atom stereocenters. The highest BCUT2D eigenvalue weighted by Gasteiger charge is 2.43. The molecule has 1 amide bonds. The van der Waals surface area contributed by atoms with Crippen LogP contribution in [-0.4, -0.2) is 35.4 Å². The van der Waals surface area contributed by atoms with Crippen LogP contribution in [0.1, 0.15) is 43.2 Å². The van der Waals surface area contributed by atoms with Gasteiger partial charge in [0, 0.05) is 16.7 Å². The Morgan fingerprint density at radius 3 is 2.27 bits per heavy atom. The Labute approximate surface area is 243 Å². The molecule has 1 aromatic heterocycles. The first-order chi connectivity index (χ1) is 20.0. The van der Waals surface area contributed by atoms with Crippen molar-refractivity contribution in [3.8, 4) is 28.4 Å². The first kappa shape index (κ1) is 27.1. The number of amides is 1. The zero-order valence-electron chi connectivity index (χ0n) is 23.3. The number of methoxy groups -OCH3 is 2. The van der Waals surface area contributed by atoms with Crippen molar-refractivity contribution in [3.63, 3.8) is 0 Å². The predicted octanol–water partition coefficient (Wildman–Crippen LogP) is 6.41. The Morgan fingerprint density at radius 2 is 1.59 bits per heavy atom. The van der Waals surface area contributed by atoms with E-state index in [0.29, 0.717) is 22.3 Å². The Balaban J connectivity index is 1.43. The lowest BCUT2D eigenvalue weighted by Gasteiger charge is -2.42. The normalized spacial score (nSPS) is 15.1. The molecule has 1 saturated carbocycles. The third kappa shape index (κ3) is 5.24. The van der Waals surface area contributed by atoms with Crippen LogP contribution in [0, 0.1) is 0 Å². The van der Waals surface area contributed by atoms with Crippen molar-refractivity contribution >= 4 is 23.4 Å². The summed E-state index contributed by atoms with van der Waals surface area (Å²) in [5, 5.41) is 3.42. The fraction of sp³-hybridized carbons (Fsp3) is 0.303. The van der Waals surface area contributed by atoms with Crippen molar-refractivity contribution in [2.45, 2.75) is 49.1 Å². The largest absolute Gasteiger partial charge is 0.497 e. The topological polar surface area (TPSA) is 82.5 Å². The monoisotopic (exact) mass is 567 g/mol. The van der Waals surface area contributed by atoms with E-state index < -0.39 is 0 Å². The number of nitrogens with zero attached hydrogens (tertiary/aromatic N) is 2. The standard InChI is InChI=1S/C33H33N3O4S/c1-39-25-14-10-23(11-15-25)34-28(37)21-41-32-35-30-27-9-5-4-8-22(27)20-33(18-6-3-7-19-33)29(30)31(38)36(32)24-12-16-26(40-2)17-13-24/h4-5,8-17H,3,6-7,18-21H2,1-2H3,(H,34,37). The van der Waals surface area contributed by atoms with E-state index >= 15 is 0 Å². The number of carbonyl (C=O) groups excluding carboxylic acids is 1. The lowest BCUT2D eigenvalue weighted by molar-refractivity contribution is -0.113. The van der Waals surface area contributed by atoms with E-state index in [-0.39, 0.29) is 22.6 Å². The van der Waals surface area contributed by atoms with Crippen LogP contribution < -0.4 is 20.3 Å². The van der Waals surface area contributed by atoms with E-state index in [2.05, 4.69) is 23.5 Å². The second-order valence-corrected chi connectivity index (χ2v) is 11.6. The molecule has 1 fully saturated rings. The van der Waals surface area contributed by atoms with Crippen LogP contribution in [0.4, 0.5) is 5.69 Å². The second kappa shape index (κ2) is 11.4. The summed E-state index contributed by atoms with van der Waals surface area (Å²) in [6.07, 6.45) is 6.20. The van der Waals surface area contributed by atoms with Crippen LogP contribution in [-0.2, 0) is 16.6 Å². The molecule has 0 unspecified atom stereocenters. The Kier molecular flexibility index (Phi) is 7.58. The minimum Gasteiger partial charge on any atom is -0.497 e. The minimum atomic E-state index is -0.227. The molecule has 1 spiro atoms. The van der Waals surface area contributed by atoms with Crippen LogP contribution >= 0.6 is 11.8 Å². The first-order valence-electron chi connectivity index (χ1n) is 14.0. The molecule has 1 N–H and O–H groups in total. The summed E-state index contributed by atoms with van der Waals surface area (Å²) < 4.78 is 12.3. The van der Waals surface area contributed by atoms with Crippen molar-refractivity contribution < 1.29 is 14.3 Å². The Morgan fingerprint density at radius 1 is 0.927 bits per heavy atom. The summed E-state index contributed by atoms with van der Waals surface area (Å²) >= 11 is 1.27. The maximum absolute atomic E-state index is 14.6. The van der Waals surface area contributed by atoms with Crippen LogP contribution in [0.2, 0.25) is 0 Å². The number of fused-ring (bicyclic) bond motifs is 4. The first-order valence-corrected chi connectivity index (χ1v) is 15.0. The van der Waals surface area contributed by atoms with Gasteiger partial charge in [0.25, 0.3) is 5.56 Å². The number of anilines is 1. The molecule has 4 aromatic rings. The molecule has 41 heavy (non-hydrogen) atoms. The lowest BCUT2D eigenvalue weighted by atomic mass is 9.62. The zero-order valence-corrected chi connectivity index (χ0v) is 24.1.